The largest absolute Gasteiger partial charge is 0.344 e. The highest BCUT2D eigenvalue weighted by atomic mass is 16.2. The number of nitrogens with zero attached hydrogens (tertiary/aromatic N) is 1. The van der Waals surface area contributed by atoms with Crippen molar-refractivity contribution in [1.82, 2.24) is 9.88 Å². The number of aromatic nitrogens is 1. The van der Waals surface area contributed by atoms with Crippen LogP contribution in [0.25, 0.3) is 10.9 Å². The molecule has 0 bridgehead atoms. The van der Waals surface area contributed by atoms with Crippen molar-refractivity contribution in [3.05, 3.63) is 71.4 Å². The third kappa shape index (κ3) is 3.39. The van der Waals surface area contributed by atoms with Crippen molar-refractivity contribution < 1.29 is 15.3 Å². The van der Waals surface area contributed by atoms with Crippen molar-refractivity contribution in [2.24, 2.45) is 13.0 Å². The van der Waals surface area contributed by atoms with E-state index in [1.165, 1.54) is 0 Å². The monoisotopic (exact) mass is 350 g/mol. The third-order valence-corrected chi connectivity index (χ3v) is 4.73. The summed E-state index contributed by atoms with van der Waals surface area (Å²) in [5.41, 5.74) is 6.61. The third-order valence-electron chi connectivity index (χ3n) is 4.73. The fraction of sp³-hybridized carbons (Fsp3) is 0.238. The van der Waals surface area contributed by atoms with Crippen LogP contribution in [-0.2, 0) is 7.05 Å². The average Bonchev–Trinajstić information content (AvgIpc) is 2.96. The number of carbonyl (C=O) groups is 2. The number of para-hydroxylation sites is 1. The van der Waals surface area contributed by atoms with Gasteiger partial charge in [-0.3, -0.25) is 10.5 Å². The molecule has 0 saturated carbocycles. The minimum absolute atomic E-state index is 0.111. The Bertz CT molecular complexity index is 955. The van der Waals surface area contributed by atoms with Gasteiger partial charge in [0.25, 0.3) is 5.91 Å². The Labute approximate surface area is 152 Å². The van der Waals surface area contributed by atoms with Gasteiger partial charge in [0.05, 0.1) is 11.6 Å². The Kier molecular flexibility index (Phi) is 4.91. The molecule has 2 amide bonds. The summed E-state index contributed by atoms with van der Waals surface area (Å²) in [4.78, 5) is 24.3. The van der Waals surface area contributed by atoms with Gasteiger partial charge in [0.15, 0.2) is 0 Å². The predicted octanol–water partition coefficient (Wildman–Crippen LogP) is 2.69. The molecule has 0 aliphatic carbocycles. The maximum atomic E-state index is 12.9. The summed E-state index contributed by atoms with van der Waals surface area (Å²) in [5, 5.41) is 4.18. The summed E-state index contributed by atoms with van der Waals surface area (Å²) in [6, 6.07) is 17.0. The summed E-state index contributed by atoms with van der Waals surface area (Å²) in [6.07, 6.45) is 0. The van der Waals surface area contributed by atoms with E-state index in [1.54, 1.807) is 12.1 Å². The van der Waals surface area contributed by atoms with Crippen LogP contribution in [0.1, 0.15) is 46.3 Å². The Balaban J connectivity index is 1.88. The SMILES string of the molecule is CC(C)C(NC(=O)c1cc2ccccc2n1C)c1ccc(C([NH3+])=O)cc1. The van der Waals surface area contributed by atoms with Gasteiger partial charge in [-0.2, -0.15) is 0 Å². The van der Waals surface area contributed by atoms with E-state index in [9.17, 15) is 9.59 Å². The van der Waals surface area contributed by atoms with Crippen LogP contribution in [0.2, 0.25) is 0 Å². The van der Waals surface area contributed by atoms with E-state index in [1.807, 2.05) is 54.1 Å². The molecular weight excluding hydrogens is 326 g/mol. The first kappa shape index (κ1) is 17.9. The van der Waals surface area contributed by atoms with Crippen molar-refractivity contribution in [3.63, 3.8) is 0 Å². The average molecular weight is 350 g/mol. The Hall–Kier alpha value is -2.92. The van der Waals surface area contributed by atoms with Gasteiger partial charge in [-0.15, -0.1) is 0 Å². The van der Waals surface area contributed by atoms with Crippen LogP contribution in [0.4, 0.5) is 0 Å². The van der Waals surface area contributed by atoms with Crippen molar-refractivity contribution in [3.8, 4) is 0 Å². The number of nitrogens with one attached hydrogen (secondary N) is 1. The van der Waals surface area contributed by atoms with Gasteiger partial charge in [-0.1, -0.05) is 44.2 Å². The molecule has 1 aromatic heterocycles. The molecule has 2 aromatic carbocycles. The molecule has 3 aromatic rings. The summed E-state index contributed by atoms with van der Waals surface area (Å²) in [6.45, 7) is 4.12. The van der Waals surface area contributed by atoms with Gasteiger partial charge in [0, 0.05) is 18.0 Å². The van der Waals surface area contributed by atoms with E-state index in [0.717, 1.165) is 16.5 Å². The Morgan fingerprint density at radius 1 is 1.04 bits per heavy atom. The second-order valence-corrected chi connectivity index (χ2v) is 6.89. The highest BCUT2D eigenvalue weighted by Crippen LogP contribution is 2.24. The van der Waals surface area contributed by atoms with Crippen LogP contribution in [0.15, 0.2) is 54.6 Å². The molecule has 0 aliphatic heterocycles. The Morgan fingerprint density at radius 2 is 1.69 bits per heavy atom. The molecule has 0 radical (unpaired) electrons. The lowest BCUT2D eigenvalue weighted by Gasteiger charge is -2.23. The summed E-state index contributed by atoms with van der Waals surface area (Å²) in [7, 11) is 1.90. The molecule has 0 aliphatic rings. The number of hydrogen-bond donors (Lipinski definition) is 2. The molecule has 1 unspecified atom stereocenters. The molecule has 3 rings (SSSR count). The standard InChI is InChI=1S/C21H23N3O2/c1-13(2)19(14-8-10-15(11-9-14)20(22)25)23-21(26)18-12-16-6-4-5-7-17(16)24(18)3/h4-13,19H,1-3H3,(H2,22,25)(H,23,26)/p+1. The first-order valence-electron chi connectivity index (χ1n) is 8.70. The molecule has 0 saturated heterocycles. The van der Waals surface area contributed by atoms with Gasteiger partial charge in [0.1, 0.15) is 5.69 Å². The van der Waals surface area contributed by atoms with Crippen molar-refractivity contribution in [2.45, 2.75) is 19.9 Å². The van der Waals surface area contributed by atoms with Crippen LogP contribution in [-0.4, -0.2) is 16.4 Å². The highest BCUT2D eigenvalue weighted by Gasteiger charge is 2.21. The van der Waals surface area contributed by atoms with E-state index in [0.29, 0.717) is 11.3 Å². The zero-order valence-electron chi connectivity index (χ0n) is 15.3. The van der Waals surface area contributed by atoms with Gasteiger partial charge in [0.2, 0.25) is 0 Å². The second kappa shape index (κ2) is 7.14. The topological polar surface area (TPSA) is 78.7 Å². The van der Waals surface area contributed by atoms with Gasteiger partial charge in [-0.25, -0.2) is 4.79 Å². The normalized spacial score (nSPS) is 12.3. The smallest absolute Gasteiger partial charge is 0.340 e. The molecule has 5 heteroatoms. The zero-order chi connectivity index (χ0) is 18.8. The van der Waals surface area contributed by atoms with E-state index < -0.39 is 0 Å². The molecule has 134 valence electrons. The van der Waals surface area contributed by atoms with Crippen molar-refractivity contribution >= 4 is 22.7 Å². The zero-order valence-corrected chi connectivity index (χ0v) is 15.3. The molecule has 0 spiro atoms. The maximum absolute atomic E-state index is 12.9. The number of amides is 2. The fourth-order valence-corrected chi connectivity index (χ4v) is 3.23. The molecular formula is C21H24N3O2+. The molecule has 0 fully saturated rings. The minimum atomic E-state index is -0.211. The van der Waals surface area contributed by atoms with Gasteiger partial charge in [-0.05, 0) is 35.7 Å². The van der Waals surface area contributed by atoms with E-state index in [-0.39, 0.29) is 23.8 Å². The molecule has 1 atom stereocenters. The lowest BCUT2D eigenvalue weighted by Crippen LogP contribution is -2.56. The molecule has 26 heavy (non-hydrogen) atoms. The summed E-state index contributed by atoms with van der Waals surface area (Å²) in [5.74, 6) is -0.119. The van der Waals surface area contributed by atoms with E-state index >= 15 is 0 Å². The number of fused-ring (bicyclic) bond motifs is 1. The number of rotatable bonds is 5. The quantitative estimate of drug-likeness (QED) is 0.742. The maximum Gasteiger partial charge on any atom is 0.340 e. The minimum Gasteiger partial charge on any atom is -0.344 e. The predicted molar refractivity (Wildman–Crippen MR) is 102 cm³/mol. The molecule has 4 N–H and O–H groups in total. The van der Waals surface area contributed by atoms with E-state index in [4.69, 9.17) is 0 Å². The highest BCUT2D eigenvalue weighted by molar-refractivity contribution is 5.98. The number of carbonyl (C=O) groups excluding carboxylic acids is 2. The summed E-state index contributed by atoms with van der Waals surface area (Å²) >= 11 is 0. The number of hydrogen-bond acceptors (Lipinski definition) is 2. The first-order valence-corrected chi connectivity index (χ1v) is 8.70. The fourth-order valence-electron chi connectivity index (χ4n) is 3.23. The summed E-state index contributed by atoms with van der Waals surface area (Å²) < 4.78 is 1.91. The van der Waals surface area contributed by atoms with Crippen LogP contribution < -0.4 is 11.1 Å². The van der Waals surface area contributed by atoms with Crippen LogP contribution in [0, 0.1) is 5.92 Å². The van der Waals surface area contributed by atoms with Crippen molar-refractivity contribution in [1.29, 1.82) is 0 Å². The molecule has 1 heterocycles. The van der Waals surface area contributed by atoms with E-state index in [2.05, 4.69) is 24.9 Å². The lowest BCUT2D eigenvalue weighted by molar-refractivity contribution is -0.255. The Morgan fingerprint density at radius 3 is 2.27 bits per heavy atom. The van der Waals surface area contributed by atoms with Crippen molar-refractivity contribution in [2.75, 3.05) is 0 Å². The van der Waals surface area contributed by atoms with Crippen LogP contribution in [0.3, 0.4) is 0 Å². The van der Waals surface area contributed by atoms with Crippen LogP contribution >= 0.6 is 0 Å². The second-order valence-electron chi connectivity index (χ2n) is 6.89. The lowest BCUT2D eigenvalue weighted by atomic mass is 9.95. The molecule has 5 nitrogen and oxygen atoms in total. The number of aryl methyl sites for hydroxylation is 1. The van der Waals surface area contributed by atoms with Gasteiger partial charge < -0.3 is 9.88 Å². The first-order chi connectivity index (χ1) is 12.4. The van der Waals surface area contributed by atoms with Crippen LogP contribution in [0.5, 0.6) is 0 Å². The number of benzene rings is 2. The number of quaternary nitrogens is 1. The van der Waals surface area contributed by atoms with Gasteiger partial charge >= 0.3 is 5.91 Å².